The lowest BCUT2D eigenvalue weighted by Gasteiger charge is -2.12. The summed E-state index contributed by atoms with van der Waals surface area (Å²) in [5, 5.41) is 5.29. The van der Waals surface area contributed by atoms with Gasteiger partial charge in [-0.2, -0.15) is 0 Å². The number of nitrogens with one attached hydrogen (secondary N) is 1. The number of thiazole rings is 1. The number of nitrogens with zero attached hydrogens (tertiary/aromatic N) is 4. The van der Waals surface area contributed by atoms with Crippen molar-refractivity contribution in [1.29, 1.82) is 0 Å². The molecule has 19 heavy (non-hydrogen) atoms. The Labute approximate surface area is 114 Å². The summed E-state index contributed by atoms with van der Waals surface area (Å²) < 4.78 is 7.08. The van der Waals surface area contributed by atoms with Gasteiger partial charge in [-0.3, -0.25) is 4.40 Å². The SMILES string of the molecule is COc1cc(NC(C)c2cn3ccsc3n2)ncn1. The van der Waals surface area contributed by atoms with Crippen LogP contribution in [0.5, 0.6) is 5.88 Å². The van der Waals surface area contributed by atoms with Gasteiger partial charge in [0, 0.05) is 23.8 Å². The van der Waals surface area contributed by atoms with Crippen molar-refractivity contribution < 1.29 is 4.74 Å². The molecule has 0 saturated heterocycles. The van der Waals surface area contributed by atoms with E-state index < -0.39 is 0 Å². The zero-order chi connectivity index (χ0) is 13.2. The molecule has 0 aromatic carbocycles. The number of aromatic nitrogens is 4. The number of fused-ring (bicyclic) bond motifs is 1. The molecular formula is C12H13N5OS. The van der Waals surface area contributed by atoms with Crippen molar-refractivity contribution in [2.45, 2.75) is 13.0 Å². The molecule has 3 aromatic heterocycles. The van der Waals surface area contributed by atoms with Gasteiger partial charge in [0.15, 0.2) is 4.96 Å². The van der Waals surface area contributed by atoms with Gasteiger partial charge in [0.2, 0.25) is 5.88 Å². The topological polar surface area (TPSA) is 64.3 Å². The summed E-state index contributed by atoms with van der Waals surface area (Å²) in [7, 11) is 1.58. The number of imidazole rings is 1. The fourth-order valence-electron chi connectivity index (χ4n) is 1.78. The van der Waals surface area contributed by atoms with E-state index in [9.17, 15) is 0 Å². The maximum Gasteiger partial charge on any atom is 0.218 e. The Hall–Kier alpha value is -2.15. The van der Waals surface area contributed by atoms with Crippen LogP contribution in [0.2, 0.25) is 0 Å². The molecule has 1 N–H and O–H groups in total. The summed E-state index contributed by atoms with van der Waals surface area (Å²) in [4.78, 5) is 13.7. The first-order valence-electron chi connectivity index (χ1n) is 5.81. The van der Waals surface area contributed by atoms with Gasteiger partial charge in [0.1, 0.15) is 12.1 Å². The molecule has 0 aliphatic carbocycles. The lowest BCUT2D eigenvalue weighted by Crippen LogP contribution is -2.08. The highest BCUT2D eigenvalue weighted by molar-refractivity contribution is 7.15. The maximum absolute atomic E-state index is 5.07. The second-order valence-corrected chi connectivity index (χ2v) is 4.94. The minimum absolute atomic E-state index is 0.0618. The van der Waals surface area contributed by atoms with Crippen LogP contribution in [-0.4, -0.2) is 26.5 Å². The number of hydrogen-bond donors (Lipinski definition) is 1. The van der Waals surface area contributed by atoms with E-state index in [-0.39, 0.29) is 6.04 Å². The molecule has 6 nitrogen and oxygen atoms in total. The smallest absolute Gasteiger partial charge is 0.218 e. The lowest BCUT2D eigenvalue weighted by atomic mass is 10.2. The van der Waals surface area contributed by atoms with E-state index in [1.165, 1.54) is 6.33 Å². The van der Waals surface area contributed by atoms with Crippen LogP contribution in [0.1, 0.15) is 18.7 Å². The number of rotatable bonds is 4. The highest BCUT2D eigenvalue weighted by Crippen LogP contribution is 2.21. The van der Waals surface area contributed by atoms with Gasteiger partial charge < -0.3 is 10.1 Å². The van der Waals surface area contributed by atoms with Crippen molar-refractivity contribution in [1.82, 2.24) is 19.4 Å². The first-order valence-corrected chi connectivity index (χ1v) is 6.69. The molecule has 0 bridgehead atoms. The van der Waals surface area contributed by atoms with E-state index in [1.807, 2.05) is 29.1 Å². The molecule has 3 aromatic rings. The van der Waals surface area contributed by atoms with Crippen LogP contribution in [0.3, 0.4) is 0 Å². The molecule has 0 aliphatic rings. The third-order valence-electron chi connectivity index (χ3n) is 2.77. The molecule has 0 amide bonds. The summed E-state index contributed by atoms with van der Waals surface area (Å²) >= 11 is 1.62. The highest BCUT2D eigenvalue weighted by atomic mass is 32.1. The average Bonchev–Trinajstić information content (AvgIpc) is 2.99. The van der Waals surface area contributed by atoms with Crippen LogP contribution in [0.15, 0.2) is 30.2 Å². The second kappa shape index (κ2) is 4.85. The minimum atomic E-state index is 0.0618. The molecule has 3 rings (SSSR count). The first-order chi connectivity index (χ1) is 9.26. The standard InChI is InChI=1S/C12H13N5OS/c1-8(9-6-17-3-4-19-12(17)16-9)15-10-5-11(18-2)14-7-13-10/h3-8H,1-2H3,(H,13,14,15). The summed E-state index contributed by atoms with van der Waals surface area (Å²) in [6.45, 7) is 2.04. The van der Waals surface area contributed by atoms with Crippen LogP contribution in [0.4, 0.5) is 5.82 Å². The summed E-state index contributed by atoms with van der Waals surface area (Å²) in [6.07, 6.45) is 5.48. The van der Waals surface area contributed by atoms with Crippen LogP contribution in [0, 0.1) is 0 Å². The number of ether oxygens (including phenoxy) is 1. The Balaban J connectivity index is 1.80. The Morgan fingerprint density at radius 3 is 3.11 bits per heavy atom. The quantitative estimate of drug-likeness (QED) is 0.792. The summed E-state index contributed by atoms with van der Waals surface area (Å²) in [6, 6.07) is 1.82. The molecule has 0 aliphatic heterocycles. The molecule has 1 atom stereocenters. The Kier molecular flexibility index (Phi) is 3.04. The molecule has 0 saturated carbocycles. The normalized spacial score (nSPS) is 12.5. The van der Waals surface area contributed by atoms with Crippen LogP contribution < -0.4 is 10.1 Å². The van der Waals surface area contributed by atoms with Gasteiger partial charge in [-0.15, -0.1) is 11.3 Å². The van der Waals surface area contributed by atoms with Gasteiger partial charge in [-0.1, -0.05) is 0 Å². The van der Waals surface area contributed by atoms with Crippen LogP contribution in [-0.2, 0) is 0 Å². The molecular weight excluding hydrogens is 262 g/mol. The first kappa shape index (κ1) is 11.9. The zero-order valence-electron chi connectivity index (χ0n) is 10.6. The van der Waals surface area contributed by atoms with Crippen molar-refractivity contribution in [3.05, 3.63) is 35.9 Å². The maximum atomic E-state index is 5.07. The van der Waals surface area contributed by atoms with Crippen molar-refractivity contribution in [3.63, 3.8) is 0 Å². The molecule has 0 fully saturated rings. The predicted molar refractivity (Wildman–Crippen MR) is 73.7 cm³/mol. The van der Waals surface area contributed by atoms with Gasteiger partial charge in [0.25, 0.3) is 0 Å². The van der Waals surface area contributed by atoms with E-state index in [2.05, 4.69) is 20.3 Å². The summed E-state index contributed by atoms with van der Waals surface area (Å²) in [5.74, 6) is 1.26. The Bertz CT molecular complexity index is 664. The van der Waals surface area contributed by atoms with Crippen molar-refractivity contribution in [2.75, 3.05) is 12.4 Å². The van der Waals surface area contributed by atoms with E-state index >= 15 is 0 Å². The van der Waals surface area contributed by atoms with Crippen LogP contribution >= 0.6 is 11.3 Å². The number of hydrogen-bond acceptors (Lipinski definition) is 6. The predicted octanol–water partition coefficient (Wildman–Crippen LogP) is 2.37. The molecule has 0 radical (unpaired) electrons. The number of methoxy groups -OCH3 is 1. The fraction of sp³-hybridized carbons (Fsp3) is 0.250. The molecule has 3 heterocycles. The van der Waals surface area contributed by atoms with Crippen molar-refractivity contribution in [3.8, 4) is 5.88 Å². The average molecular weight is 275 g/mol. The lowest BCUT2D eigenvalue weighted by molar-refractivity contribution is 0.397. The fourth-order valence-corrected chi connectivity index (χ4v) is 2.49. The van der Waals surface area contributed by atoms with Gasteiger partial charge in [0.05, 0.1) is 18.8 Å². The van der Waals surface area contributed by atoms with E-state index in [1.54, 1.807) is 24.5 Å². The van der Waals surface area contributed by atoms with Gasteiger partial charge in [-0.05, 0) is 6.92 Å². The van der Waals surface area contributed by atoms with E-state index in [0.29, 0.717) is 5.88 Å². The third kappa shape index (κ3) is 2.37. The molecule has 1 unspecified atom stereocenters. The third-order valence-corrected chi connectivity index (χ3v) is 3.54. The van der Waals surface area contributed by atoms with Gasteiger partial charge in [-0.25, -0.2) is 15.0 Å². The van der Waals surface area contributed by atoms with Crippen molar-refractivity contribution in [2.24, 2.45) is 0 Å². The monoisotopic (exact) mass is 275 g/mol. The summed E-state index contributed by atoms with van der Waals surface area (Å²) in [5.41, 5.74) is 0.976. The zero-order valence-corrected chi connectivity index (χ0v) is 11.4. The largest absolute Gasteiger partial charge is 0.481 e. The van der Waals surface area contributed by atoms with Crippen molar-refractivity contribution >= 4 is 22.1 Å². The Morgan fingerprint density at radius 2 is 2.32 bits per heavy atom. The number of anilines is 1. The molecule has 98 valence electrons. The molecule has 7 heteroatoms. The molecule has 0 spiro atoms. The van der Waals surface area contributed by atoms with Crippen LogP contribution in [0.25, 0.3) is 4.96 Å². The highest BCUT2D eigenvalue weighted by Gasteiger charge is 2.11. The van der Waals surface area contributed by atoms with E-state index in [0.717, 1.165) is 16.5 Å². The minimum Gasteiger partial charge on any atom is -0.481 e. The second-order valence-electron chi connectivity index (χ2n) is 4.07. The van der Waals surface area contributed by atoms with Gasteiger partial charge >= 0.3 is 0 Å². The van der Waals surface area contributed by atoms with E-state index in [4.69, 9.17) is 4.74 Å². The Morgan fingerprint density at radius 1 is 1.42 bits per heavy atom.